The summed E-state index contributed by atoms with van der Waals surface area (Å²) in [5.41, 5.74) is 0.178. The van der Waals surface area contributed by atoms with Crippen molar-refractivity contribution in [2.24, 2.45) is 0 Å². The molecule has 0 aromatic rings. The van der Waals surface area contributed by atoms with Crippen LogP contribution in [0.2, 0.25) is 0 Å². The number of carbonyl (C=O) groups is 1. The molecule has 1 amide bonds. The lowest BCUT2D eigenvalue weighted by molar-refractivity contribution is -0.136. The van der Waals surface area contributed by atoms with E-state index in [1.807, 2.05) is 4.90 Å². The minimum Gasteiger partial charge on any atom is -0.375 e. The molecule has 1 aliphatic heterocycles. The van der Waals surface area contributed by atoms with Gasteiger partial charge in [-0.1, -0.05) is 0 Å². The Morgan fingerprint density at radius 1 is 1.26 bits per heavy atom. The van der Waals surface area contributed by atoms with Gasteiger partial charge < -0.3 is 20.3 Å². The van der Waals surface area contributed by atoms with Gasteiger partial charge in [0.05, 0.1) is 0 Å². The number of piperidine rings is 1. The first kappa shape index (κ1) is 16.4. The van der Waals surface area contributed by atoms with E-state index in [1.165, 1.54) is 0 Å². The molecule has 1 aliphatic rings. The van der Waals surface area contributed by atoms with Crippen LogP contribution in [-0.2, 0) is 9.53 Å². The lowest BCUT2D eigenvalue weighted by Crippen LogP contribution is -2.48. The largest absolute Gasteiger partial charge is 0.375 e. The van der Waals surface area contributed by atoms with Gasteiger partial charge in [0, 0.05) is 44.9 Å². The molecule has 0 spiro atoms. The zero-order chi connectivity index (χ0) is 14.3. The molecule has 1 rings (SSSR count). The maximum Gasteiger partial charge on any atom is 0.248 e. The number of carbonyl (C=O) groups excluding carboxylic acids is 1. The van der Waals surface area contributed by atoms with Gasteiger partial charge in [0.1, 0.15) is 6.61 Å². The maximum atomic E-state index is 11.6. The van der Waals surface area contributed by atoms with Gasteiger partial charge >= 0.3 is 0 Å². The standard InChI is InChI=1S/C14H29N3O2/c1-14(2,3)16-8-7-15-12-5-9-17(10-6-12)13(18)11-19-4/h12,15-16H,5-11H2,1-4H3. The Kier molecular flexibility index (Phi) is 6.75. The van der Waals surface area contributed by atoms with E-state index in [4.69, 9.17) is 4.74 Å². The number of amides is 1. The molecule has 1 saturated heterocycles. The predicted octanol–water partition coefficient (Wildman–Crippen LogP) is 0.602. The maximum absolute atomic E-state index is 11.6. The fraction of sp³-hybridized carbons (Fsp3) is 0.929. The third kappa shape index (κ3) is 6.89. The van der Waals surface area contributed by atoms with Crippen LogP contribution in [0.4, 0.5) is 0 Å². The molecular formula is C14H29N3O2. The molecule has 0 radical (unpaired) electrons. The quantitative estimate of drug-likeness (QED) is 0.695. The first-order chi connectivity index (χ1) is 8.92. The summed E-state index contributed by atoms with van der Waals surface area (Å²) in [5, 5.41) is 7.02. The van der Waals surface area contributed by atoms with Gasteiger partial charge in [-0.15, -0.1) is 0 Å². The topological polar surface area (TPSA) is 53.6 Å². The van der Waals surface area contributed by atoms with Crippen LogP contribution in [0.15, 0.2) is 0 Å². The van der Waals surface area contributed by atoms with Crippen molar-refractivity contribution < 1.29 is 9.53 Å². The van der Waals surface area contributed by atoms with Gasteiger partial charge in [-0.25, -0.2) is 0 Å². The molecule has 0 bridgehead atoms. The SMILES string of the molecule is COCC(=O)N1CCC(NCCNC(C)(C)C)CC1. The summed E-state index contributed by atoms with van der Waals surface area (Å²) in [7, 11) is 1.56. The van der Waals surface area contributed by atoms with E-state index in [0.29, 0.717) is 6.04 Å². The zero-order valence-corrected chi connectivity index (χ0v) is 12.8. The molecular weight excluding hydrogens is 242 g/mol. The predicted molar refractivity (Wildman–Crippen MR) is 77.2 cm³/mol. The van der Waals surface area contributed by atoms with Gasteiger partial charge in [0.2, 0.25) is 5.91 Å². The molecule has 0 atom stereocenters. The van der Waals surface area contributed by atoms with E-state index in [0.717, 1.165) is 39.0 Å². The number of hydrogen-bond acceptors (Lipinski definition) is 4. The monoisotopic (exact) mass is 271 g/mol. The lowest BCUT2D eigenvalue weighted by Gasteiger charge is -2.32. The summed E-state index contributed by atoms with van der Waals surface area (Å²) < 4.78 is 4.88. The van der Waals surface area contributed by atoms with E-state index in [2.05, 4.69) is 31.4 Å². The summed E-state index contributed by atoms with van der Waals surface area (Å²) in [6, 6.07) is 0.536. The van der Waals surface area contributed by atoms with Crippen molar-refractivity contribution in [2.75, 3.05) is 39.9 Å². The average Bonchev–Trinajstić information content (AvgIpc) is 2.34. The molecule has 0 aliphatic carbocycles. The number of hydrogen-bond donors (Lipinski definition) is 2. The highest BCUT2D eigenvalue weighted by molar-refractivity contribution is 5.77. The molecule has 5 heteroatoms. The molecule has 112 valence electrons. The smallest absolute Gasteiger partial charge is 0.248 e. The summed E-state index contributed by atoms with van der Waals surface area (Å²) in [6.07, 6.45) is 2.07. The second-order valence-electron chi connectivity index (χ2n) is 6.22. The average molecular weight is 271 g/mol. The van der Waals surface area contributed by atoms with Crippen molar-refractivity contribution in [1.29, 1.82) is 0 Å². The van der Waals surface area contributed by atoms with Crippen LogP contribution in [0.3, 0.4) is 0 Å². The fourth-order valence-corrected chi connectivity index (χ4v) is 2.26. The second-order valence-corrected chi connectivity index (χ2v) is 6.22. The molecule has 0 aromatic heterocycles. The second kappa shape index (κ2) is 7.82. The van der Waals surface area contributed by atoms with Crippen molar-refractivity contribution in [2.45, 2.75) is 45.2 Å². The van der Waals surface area contributed by atoms with Crippen molar-refractivity contribution in [1.82, 2.24) is 15.5 Å². The highest BCUT2D eigenvalue weighted by Gasteiger charge is 2.22. The molecule has 1 fully saturated rings. The van der Waals surface area contributed by atoms with Crippen molar-refractivity contribution in [3.8, 4) is 0 Å². The number of rotatable bonds is 6. The number of methoxy groups -OCH3 is 1. The minimum atomic E-state index is 0.107. The normalized spacial score (nSPS) is 17.8. The molecule has 19 heavy (non-hydrogen) atoms. The Hall–Kier alpha value is -0.650. The van der Waals surface area contributed by atoms with Crippen molar-refractivity contribution >= 4 is 5.91 Å². The van der Waals surface area contributed by atoms with Crippen LogP contribution in [0.1, 0.15) is 33.6 Å². The van der Waals surface area contributed by atoms with Crippen LogP contribution in [0.5, 0.6) is 0 Å². The van der Waals surface area contributed by atoms with E-state index in [9.17, 15) is 4.79 Å². The first-order valence-corrected chi connectivity index (χ1v) is 7.17. The first-order valence-electron chi connectivity index (χ1n) is 7.17. The Morgan fingerprint density at radius 3 is 2.42 bits per heavy atom. The van der Waals surface area contributed by atoms with E-state index in [-0.39, 0.29) is 18.1 Å². The van der Waals surface area contributed by atoms with Gasteiger partial charge in [-0.3, -0.25) is 4.79 Å². The molecule has 0 unspecified atom stereocenters. The molecule has 2 N–H and O–H groups in total. The van der Waals surface area contributed by atoms with Gasteiger partial charge in [0.25, 0.3) is 0 Å². The van der Waals surface area contributed by atoms with Gasteiger partial charge in [0.15, 0.2) is 0 Å². The van der Waals surface area contributed by atoms with Crippen LogP contribution >= 0.6 is 0 Å². The van der Waals surface area contributed by atoms with Gasteiger partial charge in [-0.2, -0.15) is 0 Å². The van der Waals surface area contributed by atoms with Crippen LogP contribution in [0.25, 0.3) is 0 Å². The van der Waals surface area contributed by atoms with Crippen LogP contribution in [0, 0.1) is 0 Å². The number of nitrogens with one attached hydrogen (secondary N) is 2. The zero-order valence-electron chi connectivity index (χ0n) is 12.8. The van der Waals surface area contributed by atoms with Gasteiger partial charge in [-0.05, 0) is 33.6 Å². The summed E-state index contributed by atoms with van der Waals surface area (Å²) in [6.45, 7) is 10.4. The fourth-order valence-electron chi connectivity index (χ4n) is 2.26. The highest BCUT2D eigenvalue weighted by Crippen LogP contribution is 2.10. The molecule has 0 aromatic carbocycles. The number of likely N-dealkylation sites (tertiary alicyclic amines) is 1. The Balaban J connectivity index is 2.11. The molecule has 5 nitrogen and oxygen atoms in total. The Labute approximate surface area is 117 Å². The number of ether oxygens (including phenoxy) is 1. The van der Waals surface area contributed by atoms with E-state index in [1.54, 1.807) is 7.11 Å². The van der Waals surface area contributed by atoms with E-state index < -0.39 is 0 Å². The highest BCUT2D eigenvalue weighted by atomic mass is 16.5. The lowest BCUT2D eigenvalue weighted by atomic mass is 10.0. The Morgan fingerprint density at radius 2 is 1.89 bits per heavy atom. The third-order valence-electron chi connectivity index (χ3n) is 3.33. The number of nitrogens with zero attached hydrogens (tertiary/aromatic N) is 1. The van der Waals surface area contributed by atoms with E-state index >= 15 is 0 Å². The van der Waals surface area contributed by atoms with Crippen molar-refractivity contribution in [3.05, 3.63) is 0 Å². The van der Waals surface area contributed by atoms with Crippen LogP contribution in [-0.4, -0.2) is 62.3 Å². The molecule has 0 saturated carbocycles. The van der Waals surface area contributed by atoms with Crippen molar-refractivity contribution in [3.63, 3.8) is 0 Å². The third-order valence-corrected chi connectivity index (χ3v) is 3.33. The van der Waals surface area contributed by atoms with Crippen LogP contribution < -0.4 is 10.6 Å². The minimum absolute atomic E-state index is 0.107. The Bertz CT molecular complexity index is 268. The summed E-state index contributed by atoms with van der Waals surface area (Å²) >= 11 is 0. The molecule has 1 heterocycles. The summed E-state index contributed by atoms with van der Waals surface area (Å²) in [5.74, 6) is 0.107. The summed E-state index contributed by atoms with van der Waals surface area (Å²) in [4.78, 5) is 13.5.